The zero-order valence-electron chi connectivity index (χ0n) is 17.1. The average molecular weight is 389 g/mol. The minimum atomic E-state index is -0.797. The van der Waals surface area contributed by atoms with E-state index in [1.807, 2.05) is 20.8 Å². The summed E-state index contributed by atoms with van der Waals surface area (Å²) in [6.45, 7) is 5.81. The fourth-order valence-electron chi connectivity index (χ4n) is 2.93. The van der Waals surface area contributed by atoms with Gasteiger partial charge in [0.2, 0.25) is 5.95 Å². The standard InChI is InChI=1S/C18H26N6O2.C2H6/c1-12-21-10-14(11-22-12)13(8-17(25)26)6-4-2-3-5-7-15-9-16(19)24-18(20)23-15;1-2/h9-11,13H,2-8H2,1H3,(H,25,26)(H4,19,20,23,24);1-2H3. The second-order valence-corrected chi connectivity index (χ2v) is 6.45. The first-order valence-electron chi connectivity index (χ1n) is 9.83. The van der Waals surface area contributed by atoms with Gasteiger partial charge in [-0.05, 0) is 37.7 Å². The van der Waals surface area contributed by atoms with Crippen LogP contribution in [-0.2, 0) is 11.2 Å². The summed E-state index contributed by atoms with van der Waals surface area (Å²) in [5.41, 5.74) is 13.0. The van der Waals surface area contributed by atoms with E-state index in [4.69, 9.17) is 16.6 Å². The Balaban J connectivity index is 0.00000190. The van der Waals surface area contributed by atoms with E-state index in [9.17, 15) is 4.79 Å². The minimum absolute atomic E-state index is 0.0467. The normalized spacial score (nSPS) is 11.4. The van der Waals surface area contributed by atoms with Crippen LogP contribution in [0.1, 0.15) is 75.4 Å². The molecule has 0 aliphatic heterocycles. The summed E-state index contributed by atoms with van der Waals surface area (Å²) in [6.07, 6.45) is 9.19. The minimum Gasteiger partial charge on any atom is -0.481 e. The highest BCUT2D eigenvalue weighted by Gasteiger charge is 2.16. The zero-order valence-corrected chi connectivity index (χ0v) is 17.1. The van der Waals surface area contributed by atoms with Crippen molar-refractivity contribution in [1.29, 1.82) is 0 Å². The number of hydrogen-bond donors (Lipinski definition) is 3. The first-order valence-corrected chi connectivity index (χ1v) is 9.83. The molecule has 5 N–H and O–H groups in total. The Morgan fingerprint density at radius 1 is 1.07 bits per heavy atom. The Morgan fingerprint density at radius 3 is 2.32 bits per heavy atom. The highest BCUT2D eigenvalue weighted by Crippen LogP contribution is 2.25. The lowest BCUT2D eigenvalue weighted by Gasteiger charge is -2.14. The lowest BCUT2D eigenvalue weighted by molar-refractivity contribution is -0.137. The van der Waals surface area contributed by atoms with Crippen molar-refractivity contribution in [2.24, 2.45) is 0 Å². The number of anilines is 2. The smallest absolute Gasteiger partial charge is 0.303 e. The van der Waals surface area contributed by atoms with Gasteiger partial charge in [0.25, 0.3) is 0 Å². The van der Waals surface area contributed by atoms with Crippen molar-refractivity contribution in [3.05, 3.63) is 35.5 Å². The van der Waals surface area contributed by atoms with Gasteiger partial charge in [0.05, 0.1) is 6.42 Å². The molecule has 8 nitrogen and oxygen atoms in total. The number of nitrogen functional groups attached to an aromatic ring is 2. The van der Waals surface area contributed by atoms with Gasteiger partial charge in [-0.2, -0.15) is 4.98 Å². The number of aliphatic carboxylic acids is 1. The second kappa shape index (κ2) is 12.6. The van der Waals surface area contributed by atoms with Crippen molar-refractivity contribution in [2.45, 2.75) is 71.6 Å². The molecule has 1 atom stereocenters. The van der Waals surface area contributed by atoms with Crippen LogP contribution in [-0.4, -0.2) is 31.0 Å². The Morgan fingerprint density at radius 2 is 1.71 bits per heavy atom. The van der Waals surface area contributed by atoms with E-state index in [1.54, 1.807) is 18.5 Å². The van der Waals surface area contributed by atoms with Crippen molar-refractivity contribution in [1.82, 2.24) is 19.9 Å². The zero-order chi connectivity index (χ0) is 20.9. The van der Waals surface area contributed by atoms with E-state index < -0.39 is 5.97 Å². The molecule has 0 aliphatic rings. The maximum atomic E-state index is 11.1. The monoisotopic (exact) mass is 388 g/mol. The molecule has 0 fully saturated rings. The maximum Gasteiger partial charge on any atom is 0.303 e. The van der Waals surface area contributed by atoms with Crippen molar-refractivity contribution < 1.29 is 9.90 Å². The Bertz CT molecular complexity index is 701. The van der Waals surface area contributed by atoms with Crippen LogP contribution in [0.15, 0.2) is 18.5 Å². The van der Waals surface area contributed by atoms with Gasteiger partial charge in [0.1, 0.15) is 11.6 Å². The Labute approximate surface area is 166 Å². The number of unbranched alkanes of at least 4 members (excludes halogenated alkanes) is 3. The number of rotatable bonds is 10. The molecule has 0 bridgehead atoms. The summed E-state index contributed by atoms with van der Waals surface area (Å²) >= 11 is 0. The number of nitrogens with zero attached hydrogens (tertiary/aromatic N) is 4. The summed E-state index contributed by atoms with van der Waals surface area (Å²) in [5, 5.41) is 9.14. The lowest BCUT2D eigenvalue weighted by Crippen LogP contribution is -2.08. The fourth-order valence-corrected chi connectivity index (χ4v) is 2.93. The van der Waals surface area contributed by atoms with Crippen LogP contribution in [0, 0.1) is 6.92 Å². The summed E-state index contributed by atoms with van der Waals surface area (Å²) < 4.78 is 0. The molecule has 0 spiro atoms. The summed E-state index contributed by atoms with van der Waals surface area (Å²) in [4.78, 5) is 27.5. The van der Waals surface area contributed by atoms with Gasteiger partial charge in [0, 0.05) is 24.2 Å². The molecule has 28 heavy (non-hydrogen) atoms. The van der Waals surface area contributed by atoms with Crippen molar-refractivity contribution >= 4 is 17.7 Å². The molecule has 154 valence electrons. The third-order valence-corrected chi connectivity index (χ3v) is 4.25. The largest absolute Gasteiger partial charge is 0.481 e. The van der Waals surface area contributed by atoms with Crippen LogP contribution >= 0.6 is 0 Å². The van der Waals surface area contributed by atoms with Crippen LogP contribution < -0.4 is 11.5 Å². The van der Waals surface area contributed by atoms with Crippen LogP contribution in [0.25, 0.3) is 0 Å². The first kappa shape index (κ1) is 23.3. The first-order chi connectivity index (χ1) is 13.4. The molecule has 2 rings (SSSR count). The predicted octanol–water partition coefficient (Wildman–Crippen LogP) is 3.52. The summed E-state index contributed by atoms with van der Waals surface area (Å²) in [6, 6.07) is 1.75. The molecular weight excluding hydrogens is 356 g/mol. The molecule has 0 aromatic carbocycles. The van der Waals surface area contributed by atoms with Gasteiger partial charge in [0.15, 0.2) is 0 Å². The third-order valence-electron chi connectivity index (χ3n) is 4.25. The van der Waals surface area contributed by atoms with Crippen LogP contribution in [0.2, 0.25) is 0 Å². The molecule has 0 saturated heterocycles. The van der Waals surface area contributed by atoms with Crippen LogP contribution in [0.4, 0.5) is 11.8 Å². The number of aromatic nitrogens is 4. The molecule has 1 unspecified atom stereocenters. The molecule has 8 heteroatoms. The van der Waals surface area contributed by atoms with Crippen LogP contribution in [0.5, 0.6) is 0 Å². The van der Waals surface area contributed by atoms with Gasteiger partial charge in [-0.3, -0.25) is 4.79 Å². The maximum absolute atomic E-state index is 11.1. The molecule has 2 aromatic heterocycles. The van der Waals surface area contributed by atoms with E-state index >= 15 is 0 Å². The molecule has 0 amide bonds. The summed E-state index contributed by atoms with van der Waals surface area (Å²) in [7, 11) is 0. The summed E-state index contributed by atoms with van der Waals surface area (Å²) in [5.74, 6) is 0.444. The number of aryl methyl sites for hydroxylation is 2. The van der Waals surface area contributed by atoms with Gasteiger partial charge in [-0.1, -0.05) is 33.1 Å². The second-order valence-electron chi connectivity index (χ2n) is 6.45. The fraction of sp³-hybridized carbons (Fsp3) is 0.550. The van der Waals surface area contributed by atoms with E-state index in [-0.39, 0.29) is 18.3 Å². The number of carboxylic acid groups (broad SMARTS) is 1. The van der Waals surface area contributed by atoms with Gasteiger partial charge in [-0.25, -0.2) is 15.0 Å². The molecule has 0 saturated carbocycles. The van der Waals surface area contributed by atoms with E-state index in [1.165, 1.54) is 0 Å². The third kappa shape index (κ3) is 8.75. The van der Waals surface area contributed by atoms with E-state index in [0.717, 1.165) is 49.8 Å². The van der Waals surface area contributed by atoms with Crippen LogP contribution in [0.3, 0.4) is 0 Å². The topological polar surface area (TPSA) is 141 Å². The molecule has 2 aromatic rings. The van der Waals surface area contributed by atoms with Crippen molar-refractivity contribution in [3.63, 3.8) is 0 Å². The number of carboxylic acids is 1. The van der Waals surface area contributed by atoms with Gasteiger partial charge < -0.3 is 16.6 Å². The van der Waals surface area contributed by atoms with E-state index in [2.05, 4.69) is 19.9 Å². The van der Waals surface area contributed by atoms with E-state index in [0.29, 0.717) is 11.6 Å². The number of carbonyl (C=O) groups is 1. The highest BCUT2D eigenvalue weighted by atomic mass is 16.4. The quantitative estimate of drug-likeness (QED) is 0.525. The molecular formula is C20H32N6O2. The van der Waals surface area contributed by atoms with Crippen molar-refractivity contribution in [2.75, 3.05) is 11.5 Å². The predicted molar refractivity (Wildman–Crippen MR) is 111 cm³/mol. The van der Waals surface area contributed by atoms with Gasteiger partial charge in [-0.15, -0.1) is 0 Å². The molecule has 2 heterocycles. The lowest BCUT2D eigenvalue weighted by atomic mass is 9.92. The Kier molecular flexibility index (Phi) is 10.5. The Hall–Kier alpha value is -2.77. The van der Waals surface area contributed by atoms with Gasteiger partial charge >= 0.3 is 5.97 Å². The molecule has 0 aliphatic carbocycles. The molecule has 0 radical (unpaired) electrons. The SMILES string of the molecule is CC.Cc1ncc(C(CCCCCCc2cc(N)nc(N)n2)CC(=O)O)cn1. The van der Waals surface area contributed by atoms with Crippen molar-refractivity contribution in [3.8, 4) is 0 Å². The average Bonchev–Trinajstić information content (AvgIpc) is 2.65. The number of nitrogens with two attached hydrogens (primary N) is 2. The number of hydrogen-bond acceptors (Lipinski definition) is 7. The highest BCUT2D eigenvalue weighted by molar-refractivity contribution is 5.68.